The summed E-state index contributed by atoms with van der Waals surface area (Å²) in [5, 5.41) is 1.14. The standard InChI is InChI=1S/C19H18N2O5/c1-21-9-14(12-7-18(26-4)20-8-13(12)19(21)23)11-5-16(24-2)15(10-22)17(6-11)25-3/h5-10H,1-4H3. The normalized spacial score (nSPS) is 10.6. The lowest BCUT2D eigenvalue weighted by atomic mass is 9.99. The molecular weight excluding hydrogens is 336 g/mol. The monoisotopic (exact) mass is 354 g/mol. The Balaban J connectivity index is 2.40. The first-order valence-corrected chi connectivity index (χ1v) is 7.79. The number of methoxy groups -OCH3 is 3. The summed E-state index contributed by atoms with van der Waals surface area (Å²) < 4.78 is 17.3. The van der Waals surface area contributed by atoms with Crippen LogP contribution in [0.15, 0.2) is 35.4 Å². The van der Waals surface area contributed by atoms with Crippen LogP contribution < -0.4 is 19.8 Å². The van der Waals surface area contributed by atoms with Crippen molar-refractivity contribution in [1.82, 2.24) is 9.55 Å². The molecule has 26 heavy (non-hydrogen) atoms. The fourth-order valence-corrected chi connectivity index (χ4v) is 2.89. The molecule has 7 nitrogen and oxygen atoms in total. The van der Waals surface area contributed by atoms with Gasteiger partial charge in [0.2, 0.25) is 5.88 Å². The molecule has 0 unspecified atom stereocenters. The van der Waals surface area contributed by atoms with Gasteiger partial charge in [0.15, 0.2) is 6.29 Å². The number of fused-ring (bicyclic) bond motifs is 1. The van der Waals surface area contributed by atoms with E-state index in [1.54, 1.807) is 31.4 Å². The van der Waals surface area contributed by atoms with Crippen molar-refractivity contribution in [2.45, 2.75) is 0 Å². The molecule has 3 rings (SSSR count). The predicted molar refractivity (Wildman–Crippen MR) is 97.5 cm³/mol. The van der Waals surface area contributed by atoms with Gasteiger partial charge in [0.25, 0.3) is 5.56 Å². The average molecular weight is 354 g/mol. The maximum absolute atomic E-state index is 12.4. The maximum Gasteiger partial charge on any atom is 0.259 e. The first-order chi connectivity index (χ1) is 12.5. The molecule has 3 aromatic rings. The smallest absolute Gasteiger partial charge is 0.259 e. The van der Waals surface area contributed by atoms with Gasteiger partial charge in [-0.25, -0.2) is 4.98 Å². The number of pyridine rings is 2. The van der Waals surface area contributed by atoms with Crippen molar-refractivity contribution in [1.29, 1.82) is 0 Å². The van der Waals surface area contributed by atoms with E-state index in [4.69, 9.17) is 14.2 Å². The summed E-state index contributed by atoms with van der Waals surface area (Å²) in [6, 6.07) is 5.18. The van der Waals surface area contributed by atoms with E-state index in [2.05, 4.69) is 4.98 Å². The van der Waals surface area contributed by atoms with Crippen LogP contribution in [0.4, 0.5) is 0 Å². The van der Waals surface area contributed by atoms with E-state index < -0.39 is 0 Å². The number of aldehydes is 1. The molecule has 2 aromatic heterocycles. The second-order valence-corrected chi connectivity index (χ2v) is 5.64. The van der Waals surface area contributed by atoms with Crippen LogP contribution >= 0.6 is 0 Å². The molecule has 0 aliphatic rings. The van der Waals surface area contributed by atoms with Crippen molar-refractivity contribution in [3.05, 3.63) is 46.5 Å². The van der Waals surface area contributed by atoms with Gasteiger partial charge in [-0.15, -0.1) is 0 Å². The highest BCUT2D eigenvalue weighted by Crippen LogP contribution is 2.36. The second-order valence-electron chi connectivity index (χ2n) is 5.64. The molecule has 0 bridgehead atoms. The highest BCUT2D eigenvalue weighted by atomic mass is 16.5. The third kappa shape index (κ3) is 2.77. The van der Waals surface area contributed by atoms with Gasteiger partial charge in [0.05, 0.1) is 32.3 Å². The van der Waals surface area contributed by atoms with Gasteiger partial charge in [-0.05, 0) is 17.7 Å². The van der Waals surface area contributed by atoms with Gasteiger partial charge in [-0.3, -0.25) is 9.59 Å². The summed E-state index contributed by atoms with van der Waals surface area (Å²) in [6.07, 6.45) is 3.90. The molecule has 0 aliphatic heterocycles. The largest absolute Gasteiger partial charge is 0.496 e. The number of carbonyl (C=O) groups is 1. The fourth-order valence-electron chi connectivity index (χ4n) is 2.89. The number of ether oxygens (including phenoxy) is 3. The van der Waals surface area contributed by atoms with Gasteiger partial charge >= 0.3 is 0 Å². The van der Waals surface area contributed by atoms with Crippen LogP contribution in [-0.4, -0.2) is 37.2 Å². The Labute approximate surface area is 149 Å². The van der Waals surface area contributed by atoms with E-state index in [1.165, 1.54) is 32.1 Å². The van der Waals surface area contributed by atoms with Gasteiger partial charge in [0.1, 0.15) is 11.5 Å². The third-order valence-corrected chi connectivity index (χ3v) is 4.22. The highest BCUT2D eigenvalue weighted by Gasteiger charge is 2.16. The average Bonchev–Trinajstić information content (AvgIpc) is 2.68. The molecular formula is C19H18N2O5. The highest BCUT2D eigenvalue weighted by molar-refractivity contribution is 5.97. The lowest BCUT2D eigenvalue weighted by Crippen LogP contribution is -2.17. The number of benzene rings is 1. The van der Waals surface area contributed by atoms with Crippen molar-refractivity contribution >= 4 is 17.1 Å². The zero-order valence-electron chi connectivity index (χ0n) is 14.9. The molecule has 2 heterocycles. The summed E-state index contributed by atoms with van der Waals surface area (Å²) in [4.78, 5) is 27.9. The Kier molecular flexibility index (Phi) is 4.62. The Morgan fingerprint density at radius 2 is 1.65 bits per heavy atom. The molecule has 1 aromatic carbocycles. The van der Waals surface area contributed by atoms with Crippen molar-refractivity contribution in [2.24, 2.45) is 7.05 Å². The van der Waals surface area contributed by atoms with Crippen molar-refractivity contribution < 1.29 is 19.0 Å². The molecule has 0 spiro atoms. The third-order valence-electron chi connectivity index (χ3n) is 4.22. The first-order valence-electron chi connectivity index (χ1n) is 7.79. The Morgan fingerprint density at radius 3 is 2.19 bits per heavy atom. The van der Waals surface area contributed by atoms with Gasteiger partial charge in [0, 0.05) is 36.5 Å². The minimum Gasteiger partial charge on any atom is -0.496 e. The zero-order chi connectivity index (χ0) is 18.8. The predicted octanol–water partition coefficient (Wildman–Crippen LogP) is 2.44. The lowest BCUT2D eigenvalue weighted by molar-refractivity contribution is 0.111. The number of hydrogen-bond donors (Lipinski definition) is 0. The number of aromatic nitrogens is 2. The number of nitrogens with zero attached hydrogens (tertiary/aromatic N) is 2. The molecule has 0 amide bonds. The van der Waals surface area contributed by atoms with E-state index in [0.717, 1.165) is 11.1 Å². The fraction of sp³-hybridized carbons (Fsp3) is 0.211. The molecule has 0 N–H and O–H groups in total. The van der Waals surface area contributed by atoms with Crippen molar-refractivity contribution in [3.63, 3.8) is 0 Å². The number of hydrogen-bond acceptors (Lipinski definition) is 6. The van der Waals surface area contributed by atoms with Crippen LogP contribution in [0.2, 0.25) is 0 Å². The van der Waals surface area contributed by atoms with Crippen LogP contribution in [0.3, 0.4) is 0 Å². The van der Waals surface area contributed by atoms with E-state index in [9.17, 15) is 9.59 Å². The molecule has 0 saturated heterocycles. The number of carbonyl (C=O) groups excluding carboxylic acids is 1. The molecule has 7 heteroatoms. The van der Waals surface area contributed by atoms with Crippen molar-refractivity contribution in [3.8, 4) is 28.5 Å². The van der Waals surface area contributed by atoms with E-state index in [0.29, 0.717) is 40.0 Å². The SMILES string of the molecule is COc1cc2c(-c3cc(OC)c(C=O)c(OC)c3)cn(C)c(=O)c2cn1. The quantitative estimate of drug-likeness (QED) is 0.655. The van der Waals surface area contributed by atoms with E-state index in [1.807, 2.05) is 0 Å². The van der Waals surface area contributed by atoms with E-state index >= 15 is 0 Å². The molecule has 134 valence electrons. The Morgan fingerprint density at radius 1 is 1.00 bits per heavy atom. The second kappa shape index (κ2) is 6.87. The first kappa shape index (κ1) is 17.5. The lowest BCUT2D eigenvalue weighted by Gasteiger charge is -2.14. The minimum absolute atomic E-state index is 0.164. The van der Waals surface area contributed by atoms with Crippen LogP contribution in [-0.2, 0) is 7.05 Å². The minimum atomic E-state index is -0.164. The number of rotatable bonds is 5. The zero-order valence-corrected chi connectivity index (χ0v) is 14.9. The van der Waals surface area contributed by atoms with Gasteiger partial charge in [-0.2, -0.15) is 0 Å². The summed E-state index contributed by atoms with van der Waals surface area (Å²) in [5.41, 5.74) is 1.66. The van der Waals surface area contributed by atoms with Crippen LogP contribution in [0.1, 0.15) is 10.4 Å². The van der Waals surface area contributed by atoms with Crippen LogP contribution in [0.5, 0.6) is 17.4 Å². The Hall–Kier alpha value is -3.35. The topological polar surface area (TPSA) is 79.7 Å². The van der Waals surface area contributed by atoms with Gasteiger partial charge in [-0.1, -0.05) is 0 Å². The summed E-state index contributed by atoms with van der Waals surface area (Å²) >= 11 is 0. The van der Waals surface area contributed by atoms with Crippen molar-refractivity contribution in [2.75, 3.05) is 21.3 Å². The molecule has 0 atom stereocenters. The molecule has 0 radical (unpaired) electrons. The number of aryl methyl sites for hydroxylation is 1. The summed E-state index contributed by atoms with van der Waals surface area (Å²) in [7, 11) is 6.15. The molecule has 0 aliphatic carbocycles. The molecule has 0 saturated carbocycles. The van der Waals surface area contributed by atoms with Gasteiger partial charge < -0.3 is 18.8 Å². The summed E-state index contributed by atoms with van der Waals surface area (Å²) in [6.45, 7) is 0. The Bertz CT molecular complexity index is 1030. The van der Waals surface area contributed by atoms with Crippen LogP contribution in [0.25, 0.3) is 21.9 Å². The van der Waals surface area contributed by atoms with Crippen LogP contribution in [0, 0.1) is 0 Å². The van der Waals surface area contributed by atoms with E-state index in [-0.39, 0.29) is 5.56 Å². The molecule has 0 fully saturated rings. The summed E-state index contributed by atoms with van der Waals surface area (Å²) in [5.74, 6) is 1.17. The maximum atomic E-state index is 12.4.